The molecule has 27 heavy (non-hydrogen) atoms. The fraction of sp³-hybridized carbons (Fsp3) is 1.00. The molecule has 0 heteroatoms. The minimum absolute atomic E-state index is 0.938. The van der Waals surface area contributed by atoms with E-state index < -0.39 is 0 Å². The fourth-order valence-electron chi connectivity index (χ4n) is 4.20. The first-order chi connectivity index (χ1) is 13.2. The summed E-state index contributed by atoms with van der Waals surface area (Å²) in [5.41, 5.74) is 0. The maximum Gasteiger partial charge on any atom is -0.0443 e. The first kappa shape index (κ1) is 27.0. The summed E-state index contributed by atoms with van der Waals surface area (Å²) >= 11 is 0. The molecule has 0 bridgehead atoms. The van der Waals surface area contributed by atoms with E-state index in [0.29, 0.717) is 0 Å². The zero-order valence-electron chi connectivity index (χ0n) is 20.0. The maximum absolute atomic E-state index is 2.47. The van der Waals surface area contributed by atoms with Gasteiger partial charge >= 0.3 is 0 Å². The van der Waals surface area contributed by atoms with Crippen molar-refractivity contribution in [2.45, 2.75) is 163 Å². The molecule has 0 fully saturated rings. The summed E-state index contributed by atoms with van der Waals surface area (Å²) in [6, 6.07) is 0. The van der Waals surface area contributed by atoms with Crippen molar-refractivity contribution in [3.8, 4) is 0 Å². The minimum atomic E-state index is 0.938. The highest BCUT2D eigenvalue weighted by Crippen LogP contribution is 2.20. The molecule has 0 amide bonds. The summed E-state index contributed by atoms with van der Waals surface area (Å²) in [4.78, 5) is 0. The van der Waals surface area contributed by atoms with Gasteiger partial charge in [-0.25, -0.2) is 0 Å². The average Bonchev–Trinajstić information content (AvgIpc) is 2.67. The molecule has 0 spiro atoms. The summed E-state index contributed by atoms with van der Waals surface area (Å²) in [6.07, 6.45) is 30.8. The molecule has 0 rings (SSSR count). The predicted molar refractivity (Wildman–Crippen MR) is 127 cm³/mol. The van der Waals surface area contributed by atoms with Crippen LogP contribution in [-0.2, 0) is 0 Å². The summed E-state index contributed by atoms with van der Waals surface area (Å²) in [6.45, 7) is 9.50. The molecule has 0 aliphatic heterocycles. The van der Waals surface area contributed by atoms with E-state index in [1.54, 1.807) is 0 Å². The Labute approximate surface area is 174 Å². The molecule has 2 unspecified atom stereocenters. The van der Waals surface area contributed by atoms with E-state index in [-0.39, 0.29) is 0 Å². The SMILES string of the molecule is CCCCCCCCCCCCCCCCCCC(C)CCCC(C)CC. The van der Waals surface area contributed by atoms with Crippen molar-refractivity contribution in [1.29, 1.82) is 0 Å². The quantitative estimate of drug-likeness (QED) is 0.164. The van der Waals surface area contributed by atoms with Gasteiger partial charge in [0.2, 0.25) is 0 Å². The van der Waals surface area contributed by atoms with Gasteiger partial charge in [-0.1, -0.05) is 163 Å². The van der Waals surface area contributed by atoms with Gasteiger partial charge in [-0.3, -0.25) is 0 Å². The van der Waals surface area contributed by atoms with Crippen LogP contribution < -0.4 is 0 Å². The number of unbranched alkanes of at least 4 members (excludes halogenated alkanes) is 15. The van der Waals surface area contributed by atoms with Crippen molar-refractivity contribution >= 4 is 0 Å². The van der Waals surface area contributed by atoms with Crippen molar-refractivity contribution in [3.05, 3.63) is 0 Å². The van der Waals surface area contributed by atoms with Crippen LogP contribution in [0.4, 0.5) is 0 Å². The molecule has 0 heterocycles. The molecule has 0 radical (unpaired) electrons. The first-order valence-corrected chi connectivity index (χ1v) is 13.2. The Morgan fingerprint density at radius 2 is 0.704 bits per heavy atom. The summed E-state index contributed by atoms with van der Waals surface area (Å²) in [5, 5.41) is 0. The summed E-state index contributed by atoms with van der Waals surface area (Å²) < 4.78 is 0. The predicted octanol–water partition coefficient (Wildman–Crippen LogP) is 10.5. The van der Waals surface area contributed by atoms with E-state index in [1.165, 1.54) is 135 Å². The molecule has 164 valence electrons. The molecule has 0 aliphatic carbocycles. The highest BCUT2D eigenvalue weighted by Gasteiger charge is 2.04. The van der Waals surface area contributed by atoms with Crippen LogP contribution in [0, 0.1) is 11.8 Å². The molecule has 0 aromatic carbocycles. The molecule has 0 saturated heterocycles. The summed E-state index contributed by atoms with van der Waals surface area (Å²) in [7, 11) is 0. The maximum atomic E-state index is 2.47. The van der Waals surface area contributed by atoms with Crippen molar-refractivity contribution in [1.82, 2.24) is 0 Å². The smallest absolute Gasteiger partial charge is 0.0443 e. The van der Waals surface area contributed by atoms with Gasteiger partial charge in [-0.2, -0.15) is 0 Å². The van der Waals surface area contributed by atoms with E-state index in [2.05, 4.69) is 27.7 Å². The van der Waals surface area contributed by atoms with Crippen LogP contribution in [0.1, 0.15) is 163 Å². The third-order valence-electron chi connectivity index (χ3n) is 6.64. The van der Waals surface area contributed by atoms with E-state index in [4.69, 9.17) is 0 Å². The second-order valence-corrected chi connectivity index (χ2v) is 9.64. The lowest BCUT2D eigenvalue weighted by Gasteiger charge is -2.13. The van der Waals surface area contributed by atoms with Crippen LogP contribution in [0.5, 0.6) is 0 Å². The van der Waals surface area contributed by atoms with E-state index >= 15 is 0 Å². The van der Waals surface area contributed by atoms with E-state index in [1.807, 2.05) is 0 Å². The van der Waals surface area contributed by atoms with Gasteiger partial charge in [0.15, 0.2) is 0 Å². The van der Waals surface area contributed by atoms with Gasteiger partial charge in [-0.05, 0) is 11.8 Å². The molecule has 0 nitrogen and oxygen atoms in total. The number of rotatable bonds is 22. The molecular formula is C27H56. The standard InChI is InChI=1S/C27H56/c1-5-7-8-9-10-11-12-13-14-15-16-17-18-19-20-21-23-27(4)25-22-24-26(3)6-2/h26-27H,5-25H2,1-4H3. The van der Waals surface area contributed by atoms with Crippen molar-refractivity contribution in [2.75, 3.05) is 0 Å². The van der Waals surface area contributed by atoms with Crippen LogP contribution in [-0.4, -0.2) is 0 Å². The minimum Gasteiger partial charge on any atom is -0.0654 e. The van der Waals surface area contributed by atoms with Crippen molar-refractivity contribution in [2.24, 2.45) is 11.8 Å². The molecule has 2 atom stereocenters. The lowest BCUT2D eigenvalue weighted by atomic mass is 9.93. The lowest BCUT2D eigenvalue weighted by molar-refractivity contribution is 0.405. The molecular weight excluding hydrogens is 324 g/mol. The zero-order chi connectivity index (χ0) is 20.0. The van der Waals surface area contributed by atoms with Crippen LogP contribution in [0.25, 0.3) is 0 Å². The third kappa shape index (κ3) is 22.2. The van der Waals surface area contributed by atoms with Crippen LogP contribution in [0.3, 0.4) is 0 Å². The van der Waals surface area contributed by atoms with Gasteiger partial charge in [-0.15, -0.1) is 0 Å². The largest absolute Gasteiger partial charge is 0.0654 e. The van der Waals surface area contributed by atoms with Gasteiger partial charge in [0.25, 0.3) is 0 Å². The Bertz CT molecular complexity index is 257. The molecule has 0 aliphatic rings. The Kier molecular flexibility index (Phi) is 22.3. The monoisotopic (exact) mass is 380 g/mol. The number of hydrogen-bond donors (Lipinski definition) is 0. The average molecular weight is 381 g/mol. The van der Waals surface area contributed by atoms with E-state index in [0.717, 1.165) is 11.8 Å². The molecule has 0 N–H and O–H groups in total. The zero-order valence-corrected chi connectivity index (χ0v) is 20.0. The van der Waals surface area contributed by atoms with E-state index in [9.17, 15) is 0 Å². The number of hydrogen-bond acceptors (Lipinski definition) is 0. The van der Waals surface area contributed by atoms with Crippen molar-refractivity contribution < 1.29 is 0 Å². The van der Waals surface area contributed by atoms with Gasteiger partial charge in [0, 0.05) is 0 Å². The fourth-order valence-corrected chi connectivity index (χ4v) is 4.20. The van der Waals surface area contributed by atoms with Gasteiger partial charge in [0.05, 0.1) is 0 Å². The lowest BCUT2D eigenvalue weighted by Crippen LogP contribution is -1.98. The Morgan fingerprint density at radius 1 is 0.370 bits per heavy atom. The summed E-state index contributed by atoms with van der Waals surface area (Å²) in [5.74, 6) is 1.90. The highest BCUT2D eigenvalue weighted by molar-refractivity contribution is 4.58. The molecule has 0 saturated carbocycles. The van der Waals surface area contributed by atoms with Crippen LogP contribution in [0.15, 0.2) is 0 Å². The van der Waals surface area contributed by atoms with Gasteiger partial charge in [0.1, 0.15) is 0 Å². The highest BCUT2D eigenvalue weighted by atomic mass is 14.1. The molecule has 0 aromatic heterocycles. The van der Waals surface area contributed by atoms with Gasteiger partial charge < -0.3 is 0 Å². The normalized spacial score (nSPS) is 13.8. The first-order valence-electron chi connectivity index (χ1n) is 13.2. The van der Waals surface area contributed by atoms with Crippen molar-refractivity contribution in [3.63, 3.8) is 0 Å². The Hall–Kier alpha value is 0. The topological polar surface area (TPSA) is 0 Å². The Morgan fingerprint density at radius 3 is 1.11 bits per heavy atom. The molecule has 0 aromatic rings. The Balaban J connectivity index is 3.12. The van der Waals surface area contributed by atoms with Crippen LogP contribution >= 0.6 is 0 Å². The second-order valence-electron chi connectivity index (χ2n) is 9.64. The second kappa shape index (κ2) is 22.3. The third-order valence-corrected chi connectivity index (χ3v) is 6.64. The van der Waals surface area contributed by atoms with Crippen LogP contribution in [0.2, 0.25) is 0 Å².